The van der Waals surface area contributed by atoms with Gasteiger partial charge in [-0.15, -0.1) is 0 Å². The van der Waals surface area contributed by atoms with Gasteiger partial charge >= 0.3 is 0 Å². The first-order valence-electron chi connectivity index (χ1n) is 8.40. The minimum Gasteiger partial charge on any atom is -0.504 e. The summed E-state index contributed by atoms with van der Waals surface area (Å²) >= 11 is 0. The van der Waals surface area contributed by atoms with E-state index in [1.807, 2.05) is 55.1 Å². The fourth-order valence-electron chi connectivity index (χ4n) is 2.85. The van der Waals surface area contributed by atoms with Crippen molar-refractivity contribution in [1.82, 2.24) is 14.9 Å². The smallest absolute Gasteiger partial charge is 0.162 e. The molecule has 0 amide bonds. The molecular formula is C20H23N3O2. The normalized spacial score (nSPS) is 12.1. The molecule has 0 aliphatic heterocycles. The number of nitrogens with one attached hydrogen (secondary N) is 1. The molecule has 0 aliphatic rings. The van der Waals surface area contributed by atoms with Crippen LogP contribution in [-0.2, 0) is 13.6 Å². The number of ether oxygens (including phenoxy) is 1. The molecule has 0 saturated carbocycles. The van der Waals surface area contributed by atoms with Gasteiger partial charge in [0.15, 0.2) is 11.5 Å². The lowest BCUT2D eigenvalue weighted by Crippen LogP contribution is -2.24. The van der Waals surface area contributed by atoms with Crippen molar-refractivity contribution in [3.05, 3.63) is 77.9 Å². The van der Waals surface area contributed by atoms with Crippen LogP contribution in [0.1, 0.15) is 29.9 Å². The first-order chi connectivity index (χ1) is 12.2. The van der Waals surface area contributed by atoms with Gasteiger partial charge in [-0.05, 0) is 18.6 Å². The number of aromatic hydroxyl groups is 1. The van der Waals surface area contributed by atoms with Gasteiger partial charge in [0, 0.05) is 31.5 Å². The molecule has 0 radical (unpaired) electrons. The summed E-state index contributed by atoms with van der Waals surface area (Å²) in [5.74, 6) is 1.62. The van der Waals surface area contributed by atoms with E-state index in [9.17, 15) is 5.11 Å². The van der Waals surface area contributed by atoms with Crippen LogP contribution in [0.3, 0.4) is 0 Å². The third-order valence-electron chi connectivity index (χ3n) is 4.13. The average molecular weight is 337 g/mol. The molecule has 5 heteroatoms. The highest BCUT2D eigenvalue weighted by atomic mass is 16.5. The highest BCUT2D eigenvalue weighted by Gasteiger charge is 2.18. The van der Waals surface area contributed by atoms with E-state index in [2.05, 4.69) is 22.4 Å². The molecule has 0 saturated heterocycles. The fraction of sp³-hybridized carbons (Fsp3) is 0.250. The number of phenolic OH excluding ortho intramolecular Hbond substituents is 1. The van der Waals surface area contributed by atoms with E-state index in [-0.39, 0.29) is 11.8 Å². The number of imidazole rings is 1. The Morgan fingerprint density at radius 1 is 1.16 bits per heavy atom. The molecule has 1 atom stereocenters. The second kappa shape index (κ2) is 7.85. The van der Waals surface area contributed by atoms with Gasteiger partial charge in [-0.1, -0.05) is 42.5 Å². The van der Waals surface area contributed by atoms with E-state index >= 15 is 0 Å². The summed E-state index contributed by atoms with van der Waals surface area (Å²) in [7, 11) is 1.98. The minimum absolute atomic E-state index is 0.0728. The Morgan fingerprint density at radius 3 is 2.64 bits per heavy atom. The Hall–Kier alpha value is -2.79. The van der Waals surface area contributed by atoms with Gasteiger partial charge in [-0.3, -0.25) is 5.32 Å². The second-order valence-corrected chi connectivity index (χ2v) is 5.82. The zero-order chi connectivity index (χ0) is 17.6. The summed E-state index contributed by atoms with van der Waals surface area (Å²) in [4.78, 5) is 4.49. The Kier molecular flexibility index (Phi) is 5.36. The highest BCUT2D eigenvalue weighted by Crippen LogP contribution is 2.30. The maximum atomic E-state index is 10.4. The van der Waals surface area contributed by atoms with Gasteiger partial charge in [-0.25, -0.2) is 4.98 Å². The van der Waals surface area contributed by atoms with Crippen molar-refractivity contribution in [2.24, 2.45) is 7.05 Å². The topological polar surface area (TPSA) is 59.3 Å². The number of hydrogen-bond donors (Lipinski definition) is 2. The molecule has 25 heavy (non-hydrogen) atoms. The predicted molar refractivity (Wildman–Crippen MR) is 97.6 cm³/mol. The van der Waals surface area contributed by atoms with Gasteiger partial charge < -0.3 is 14.4 Å². The molecule has 2 aromatic carbocycles. The average Bonchev–Trinajstić information content (AvgIpc) is 3.05. The second-order valence-electron chi connectivity index (χ2n) is 5.82. The van der Waals surface area contributed by atoms with Crippen LogP contribution in [0.15, 0.2) is 60.9 Å². The summed E-state index contributed by atoms with van der Waals surface area (Å²) in [6.07, 6.45) is 3.72. The van der Waals surface area contributed by atoms with Crippen LogP contribution in [0.5, 0.6) is 11.5 Å². The van der Waals surface area contributed by atoms with E-state index < -0.39 is 0 Å². The van der Waals surface area contributed by atoms with Crippen molar-refractivity contribution in [3.8, 4) is 11.5 Å². The van der Waals surface area contributed by atoms with Crippen LogP contribution in [0.4, 0.5) is 0 Å². The summed E-state index contributed by atoms with van der Waals surface area (Å²) in [6.45, 7) is 2.92. The Balaban J connectivity index is 1.85. The van der Waals surface area contributed by atoms with Crippen LogP contribution in [-0.4, -0.2) is 21.3 Å². The number of phenols is 1. The third-order valence-corrected chi connectivity index (χ3v) is 4.13. The Morgan fingerprint density at radius 2 is 1.96 bits per heavy atom. The Bertz CT molecular complexity index is 815. The SMILES string of the molecule is CCOc1cccc(CN[C@H](c2ccccc2)c2nccn2C)c1O. The van der Waals surface area contributed by atoms with E-state index in [4.69, 9.17) is 4.74 Å². The molecule has 0 aliphatic carbocycles. The molecule has 2 N–H and O–H groups in total. The monoisotopic (exact) mass is 337 g/mol. The molecule has 0 fully saturated rings. The molecule has 3 aromatic rings. The molecule has 0 unspecified atom stereocenters. The summed E-state index contributed by atoms with van der Waals surface area (Å²) in [5.41, 5.74) is 1.92. The maximum absolute atomic E-state index is 10.4. The van der Waals surface area contributed by atoms with Crippen molar-refractivity contribution >= 4 is 0 Å². The standard InChI is InChI=1S/C20H23N3O2/c1-3-25-17-11-7-10-16(19(17)24)14-22-18(15-8-5-4-6-9-15)20-21-12-13-23(20)2/h4-13,18,22,24H,3,14H2,1-2H3/t18-/m1/s1. The van der Waals surface area contributed by atoms with Crippen molar-refractivity contribution in [2.45, 2.75) is 19.5 Å². The van der Waals surface area contributed by atoms with Crippen molar-refractivity contribution in [2.75, 3.05) is 6.61 Å². The zero-order valence-electron chi connectivity index (χ0n) is 14.5. The lowest BCUT2D eigenvalue weighted by molar-refractivity contribution is 0.316. The van der Waals surface area contributed by atoms with E-state index in [0.717, 1.165) is 17.0 Å². The molecule has 1 heterocycles. The quantitative estimate of drug-likeness (QED) is 0.694. The number of benzene rings is 2. The van der Waals surface area contributed by atoms with Crippen molar-refractivity contribution in [3.63, 3.8) is 0 Å². The van der Waals surface area contributed by atoms with Crippen LogP contribution in [0.2, 0.25) is 0 Å². The molecule has 130 valence electrons. The zero-order valence-corrected chi connectivity index (χ0v) is 14.5. The summed E-state index contributed by atoms with van der Waals surface area (Å²) < 4.78 is 7.47. The van der Waals surface area contributed by atoms with Crippen LogP contribution in [0.25, 0.3) is 0 Å². The number of rotatable bonds is 7. The third kappa shape index (κ3) is 3.83. The predicted octanol–water partition coefficient (Wildman–Crippen LogP) is 3.40. The molecule has 0 bridgehead atoms. The number of aryl methyl sites for hydroxylation is 1. The van der Waals surface area contributed by atoms with Crippen molar-refractivity contribution in [1.29, 1.82) is 0 Å². The van der Waals surface area contributed by atoms with Gasteiger partial charge in [0.25, 0.3) is 0 Å². The molecule has 5 nitrogen and oxygen atoms in total. The van der Waals surface area contributed by atoms with Gasteiger partial charge in [0.05, 0.1) is 12.6 Å². The lowest BCUT2D eigenvalue weighted by Gasteiger charge is -2.20. The van der Waals surface area contributed by atoms with Crippen LogP contribution in [0, 0.1) is 0 Å². The van der Waals surface area contributed by atoms with Crippen molar-refractivity contribution < 1.29 is 9.84 Å². The Labute approximate surface area is 147 Å². The number of para-hydroxylation sites is 1. The first-order valence-corrected chi connectivity index (χ1v) is 8.40. The molecule has 0 spiro atoms. The van der Waals surface area contributed by atoms with Gasteiger partial charge in [0.2, 0.25) is 0 Å². The minimum atomic E-state index is -0.0728. The van der Waals surface area contributed by atoms with Gasteiger partial charge in [0.1, 0.15) is 5.82 Å². The van der Waals surface area contributed by atoms with Crippen LogP contribution < -0.4 is 10.1 Å². The number of aromatic nitrogens is 2. The molecule has 3 rings (SSSR count). The molecular weight excluding hydrogens is 314 g/mol. The molecule has 1 aromatic heterocycles. The number of nitrogens with zero attached hydrogens (tertiary/aromatic N) is 2. The first kappa shape index (κ1) is 17.0. The summed E-state index contributed by atoms with van der Waals surface area (Å²) in [6, 6.07) is 15.7. The number of hydrogen-bond acceptors (Lipinski definition) is 4. The largest absolute Gasteiger partial charge is 0.504 e. The van der Waals surface area contributed by atoms with E-state index in [0.29, 0.717) is 18.9 Å². The van der Waals surface area contributed by atoms with Gasteiger partial charge in [-0.2, -0.15) is 0 Å². The highest BCUT2D eigenvalue weighted by molar-refractivity contribution is 5.45. The lowest BCUT2D eigenvalue weighted by atomic mass is 10.1. The summed E-state index contributed by atoms with van der Waals surface area (Å²) in [5, 5.41) is 13.9. The van der Waals surface area contributed by atoms with Crippen LogP contribution >= 0.6 is 0 Å². The van der Waals surface area contributed by atoms with E-state index in [1.165, 1.54) is 0 Å². The van der Waals surface area contributed by atoms with E-state index in [1.54, 1.807) is 12.3 Å². The fourth-order valence-corrected chi connectivity index (χ4v) is 2.85. The maximum Gasteiger partial charge on any atom is 0.162 e.